The minimum atomic E-state index is -1.46. The molecule has 0 spiro atoms. The van der Waals surface area contributed by atoms with E-state index in [0.29, 0.717) is 0 Å². The third kappa shape index (κ3) is 4.78. The van der Waals surface area contributed by atoms with Crippen LogP contribution < -0.4 is 5.32 Å². The molecule has 2 unspecified atom stereocenters. The highest BCUT2D eigenvalue weighted by atomic mass is 32.2. The Morgan fingerprint density at radius 3 is 2.08 bits per heavy atom. The molecule has 182 valence electrons. The molecule has 36 heavy (non-hydrogen) atoms. The second-order valence-electron chi connectivity index (χ2n) is 8.55. The van der Waals surface area contributed by atoms with E-state index < -0.39 is 40.6 Å². The van der Waals surface area contributed by atoms with Crippen molar-refractivity contribution in [1.82, 2.24) is 10.2 Å². The second kappa shape index (κ2) is 10.4. The van der Waals surface area contributed by atoms with Crippen LogP contribution in [0, 0.1) is 0 Å². The van der Waals surface area contributed by atoms with Gasteiger partial charge in [-0.25, -0.2) is 4.79 Å². The molecule has 2 heterocycles. The molecule has 0 bridgehead atoms. The zero-order valence-corrected chi connectivity index (χ0v) is 20.1. The maximum Gasteiger partial charge on any atom is 0.356 e. The summed E-state index contributed by atoms with van der Waals surface area (Å²) in [6, 6.07) is 26.9. The molecule has 8 heteroatoms. The third-order valence-electron chi connectivity index (χ3n) is 6.18. The second-order valence-corrected chi connectivity index (χ2v) is 10.1. The number of nitrogens with one attached hydrogen (secondary N) is 1. The van der Waals surface area contributed by atoms with Gasteiger partial charge in [0.1, 0.15) is 11.4 Å². The van der Waals surface area contributed by atoms with Crippen LogP contribution in [0.5, 0.6) is 0 Å². The quantitative estimate of drug-likeness (QED) is 0.306. The number of nitrogens with zero attached hydrogens (tertiary/aromatic N) is 1. The highest BCUT2D eigenvalue weighted by molar-refractivity contribution is 7.92. The van der Waals surface area contributed by atoms with Crippen LogP contribution in [0.3, 0.4) is 0 Å². The Morgan fingerprint density at radius 2 is 1.50 bits per heavy atom. The van der Waals surface area contributed by atoms with Gasteiger partial charge < -0.3 is 14.6 Å². The molecule has 0 aliphatic carbocycles. The van der Waals surface area contributed by atoms with Crippen LogP contribution >= 0.6 is 0 Å². The van der Waals surface area contributed by atoms with E-state index in [1.165, 1.54) is 11.0 Å². The van der Waals surface area contributed by atoms with Crippen LogP contribution in [0.2, 0.25) is 0 Å². The highest BCUT2D eigenvalue weighted by Crippen LogP contribution is 2.36. The molecule has 0 aromatic heterocycles. The fourth-order valence-electron chi connectivity index (χ4n) is 4.42. The molecule has 7 nitrogen and oxygen atoms in total. The van der Waals surface area contributed by atoms with Crippen LogP contribution in [0.4, 0.5) is 0 Å². The minimum Gasteiger partial charge on any atom is -0.614 e. The summed E-state index contributed by atoms with van der Waals surface area (Å²) < 4.78 is 18.7. The molecule has 3 aromatic carbocycles. The van der Waals surface area contributed by atoms with E-state index in [1.807, 2.05) is 91.0 Å². The molecule has 1 fully saturated rings. The van der Waals surface area contributed by atoms with Crippen LogP contribution in [-0.2, 0) is 36.7 Å². The fraction of sp³-hybridized carbons (Fsp3) is 0.179. The number of β-lactam (4-membered cyclic amide) rings is 1. The lowest BCUT2D eigenvalue weighted by atomic mass is 10.0. The zero-order chi connectivity index (χ0) is 25.1. The van der Waals surface area contributed by atoms with Crippen molar-refractivity contribution in [2.75, 3.05) is 5.75 Å². The average molecular weight is 501 g/mol. The van der Waals surface area contributed by atoms with E-state index >= 15 is 0 Å². The van der Waals surface area contributed by atoms with Gasteiger partial charge in [0.2, 0.25) is 11.3 Å². The van der Waals surface area contributed by atoms with Crippen molar-refractivity contribution in [2.45, 2.75) is 23.9 Å². The Balaban J connectivity index is 1.31. The zero-order valence-electron chi connectivity index (χ0n) is 19.3. The lowest BCUT2D eigenvalue weighted by Crippen LogP contribution is -2.74. The molecule has 0 radical (unpaired) electrons. The largest absolute Gasteiger partial charge is 0.614 e. The summed E-state index contributed by atoms with van der Waals surface area (Å²) >= 11 is -1.46. The summed E-state index contributed by atoms with van der Waals surface area (Å²) in [5, 5.41) is 1.89. The number of benzene rings is 3. The number of carbonyl (C=O) groups excluding carboxylic acids is 3. The first-order valence-electron chi connectivity index (χ1n) is 11.6. The molecule has 1 N–H and O–H groups in total. The van der Waals surface area contributed by atoms with E-state index in [2.05, 4.69) is 5.32 Å². The van der Waals surface area contributed by atoms with Crippen molar-refractivity contribution >= 4 is 29.0 Å². The minimum absolute atomic E-state index is 0.0509. The molecule has 1 saturated heterocycles. The normalized spacial score (nSPS) is 20.7. The number of carbonyl (C=O) groups is 3. The van der Waals surface area contributed by atoms with Gasteiger partial charge in [-0.2, -0.15) is 0 Å². The van der Waals surface area contributed by atoms with E-state index in [0.717, 1.165) is 16.7 Å². The number of hydrogen-bond donors (Lipinski definition) is 1. The van der Waals surface area contributed by atoms with E-state index in [-0.39, 0.29) is 23.8 Å². The number of fused-ring (bicyclic) bond motifs is 1. The molecule has 5 rings (SSSR count). The van der Waals surface area contributed by atoms with Gasteiger partial charge in [-0.15, -0.1) is 0 Å². The van der Waals surface area contributed by atoms with Crippen LogP contribution in [0.15, 0.2) is 103 Å². The first-order valence-corrected chi connectivity index (χ1v) is 13.0. The van der Waals surface area contributed by atoms with Crippen molar-refractivity contribution in [1.29, 1.82) is 0 Å². The van der Waals surface area contributed by atoms with Gasteiger partial charge in [0, 0.05) is 0 Å². The smallest absolute Gasteiger partial charge is 0.356 e. The van der Waals surface area contributed by atoms with Gasteiger partial charge in [0.25, 0.3) is 5.91 Å². The number of esters is 1. The predicted octanol–water partition coefficient (Wildman–Crippen LogP) is 2.86. The molecule has 2 aliphatic heterocycles. The summed E-state index contributed by atoms with van der Waals surface area (Å²) in [5.41, 5.74) is 2.43. The monoisotopic (exact) mass is 500 g/mol. The van der Waals surface area contributed by atoms with Gasteiger partial charge in [0.15, 0.2) is 12.1 Å². The molecule has 3 atom stereocenters. The van der Waals surface area contributed by atoms with Crippen molar-refractivity contribution in [3.63, 3.8) is 0 Å². The summed E-state index contributed by atoms with van der Waals surface area (Å²) in [7, 11) is 0. The van der Waals surface area contributed by atoms with Gasteiger partial charge in [-0.05, 0) is 33.9 Å². The van der Waals surface area contributed by atoms with Crippen LogP contribution in [0.1, 0.15) is 22.8 Å². The number of ether oxygens (including phenoxy) is 1. The maximum atomic E-state index is 13.3. The van der Waals surface area contributed by atoms with Gasteiger partial charge >= 0.3 is 5.97 Å². The maximum absolute atomic E-state index is 13.3. The number of amides is 2. The van der Waals surface area contributed by atoms with Crippen LogP contribution in [0.25, 0.3) is 0 Å². The van der Waals surface area contributed by atoms with Gasteiger partial charge in [0.05, 0.1) is 6.42 Å². The highest BCUT2D eigenvalue weighted by Gasteiger charge is 2.59. The Hall–Kier alpha value is -3.88. The van der Waals surface area contributed by atoms with Gasteiger partial charge in [-0.1, -0.05) is 91.0 Å². The fourth-order valence-corrected chi connectivity index (χ4v) is 5.88. The van der Waals surface area contributed by atoms with Gasteiger partial charge in [-0.3, -0.25) is 14.5 Å². The predicted molar refractivity (Wildman–Crippen MR) is 135 cm³/mol. The molecular formula is C28H24N2O5S. The number of rotatable bonds is 7. The Bertz CT molecular complexity index is 1240. The lowest BCUT2D eigenvalue weighted by molar-refractivity contribution is -0.154. The van der Waals surface area contributed by atoms with Crippen LogP contribution in [-0.4, -0.2) is 44.4 Å². The van der Waals surface area contributed by atoms with Crippen molar-refractivity contribution < 1.29 is 23.7 Å². The molecule has 3 aromatic rings. The SMILES string of the molecule is O=C(Cc1ccccc1)NC1C(=O)N2C(C(=O)OC(c3ccccc3)c3ccccc3)=CC[S+]([O-])[C@@H]12. The Labute approximate surface area is 211 Å². The standard InChI is InChI=1S/C28H24N2O5S/c31-23(18-19-10-4-1-5-11-19)29-24-26(32)30-22(16-17-36(34)27(24)30)28(33)35-25(20-12-6-2-7-13-20)21-14-8-3-9-15-21/h1-16,24-25,27H,17-18H2,(H,29,31)/t24?,27-,36?/m0/s1. The van der Waals surface area contributed by atoms with E-state index in [4.69, 9.17) is 4.74 Å². The lowest BCUT2D eigenvalue weighted by Gasteiger charge is -2.48. The third-order valence-corrected chi connectivity index (χ3v) is 7.69. The molecular weight excluding hydrogens is 476 g/mol. The van der Waals surface area contributed by atoms with Crippen molar-refractivity contribution in [2.24, 2.45) is 0 Å². The molecule has 0 saturated carbocycles. The average Bonchev–Trinajstić information content (AvgIpc) is 2.91. The van der Waals surface area contributed by atoms with E-state index in [9.17, 15) is 18.9 Å². The summed E-state index contributed by atoms with van der Waals surface area (Å²) in [5.74, 6) is -1.42. The molecule has 2 aliphatic rings. The number of hydrogen-bond acceptors (Lipinski definition) is 5. The summed E-state index contributed by atoms with van der Waals surface area (Å²) in [4.78, 5) is 40.0. The van der Waals surface area contributed by atoms with E-state index in [1.54, 1.807) is 0 Å². The van der Waals surface area contributed by atoms with Crippen molar-refractivity contribution in [3.8, 4) is 0 Å². The first kappa shape index (κ1) is 23.8. The Morgan fingerprint density at radius 1 is 0.944 bits per heavy atom. The molecule has 2 amide bonds. The first-order chi connectivity index (χ1) is 17.5. The summed E-state index contributed by atoms with van der Waals surface area (Å²) in [6.07, 6.45) is 0.899. The summed E-state index contributed by atoms with van der Waals surface area (Å²) in [6.45, 7) is 0. The van der Waals surface area contributed by atoms with Crippen molar-refractivity contribution in [3.05, 3.63) is 119 Å². The topological polar surface area (TPSA) is 98.8 Å². The Kier molecular flexibility index (Phi) is 6.88.